The Balaban J connectivity index is 2.05. The van der Waals surface area contributed by atoms with Crippen LogP contribution in [0, 0.1) is 11.3 Å². The average Bonchev–Trinajstić information content (AvgIpc) is 2.48. The van der Waals surface area contributed by atoms with Crippen molar-refractivity contribution in [2.45, 2.75) is 58.3 Å². The van der Waals surface area contributed by atoms with Gasteiger partial charge in [0.05, 0.1) is 5.41 Å². The van der Waals surface area contributed by atoms with E-state index in [2.05, 4.69) is 25.2 Å². The van der Waals surface area contributed by atoms with Gasteiger partial charge in [0.1, 0.15) is 5.75 Å². The van der Waals surface area contributed by atoms with Crippen LogP contribution in [0.4, 0.5) is 0 Å². The number of carbonyl (C=O) groups is 1. The van der Waals surface area contributed by atoms with Gasteiger partial charge >= 0.3 is 0 Å². The van der Waals surface area contributed by atoms with Crippen molar-refractivity contribution in [3.63, 3.8) is 0 Å². The van der Waals surface area contributed by atoms with Crippen molar-refractivity contribution in [1.82, 2.24) is 5.32 Å². The van der Waals surface area contributed by atoms with Gasteiger partial charge in [-0.1, -0.05) is 26.3 Å². The molecule has 1 aromatic rings. The Bertz CT molecular complexity index is 597. The number of aryl methyl sites for hydroxylation is 1. The van der Waals surface area contributed by atoms with Gasteiger partial charge in [-0.25, -0.2) is 0 Å². The minimum Gasteiger partial charge on any atom is -0.508 e. The molecule has 120 valence electrons. The fourth-order valence-electron chi connectivity index (χ4n) is 5.08. The fourth-order valence-corrected chi connectivity index (χ4v) is 5.08. The summed E-state index contributed by atoms with van der Waals surface area (Å²) >= 11 is 0. The molecule has 3 atom stereocenters. The Hall–Kier alpha value is -1.51. The Kier molecular flexibility index (Phi) is 3.70. The normalized spacial score (nSPS) is 33.7. The molecule has 0 aromatic heterocycles. The van der Waals surface area contributed by atoms with E-state index in [1.807, 2.05) is 13.0 Å². The molecule has 3 heteroatoms. The first-order valence-electron chi connectivity index (χ1n) is 8.52. The third-order valence-corrected chi connectivity index (χ3v) is 6.20. The Morgan fingerprint density at radius 3 is 2.86 bits per heavy atom. The number of aromatic hydroxyl groups is 1. The van der Waals surface area contributed by atoms with Crippen molar-refractivity contribution in [3.8, 4) is 5.75 Å². The average molecular weight is 301 g/mol. The maximum absolute atomic E-state index is 12.7. The highest BCUT2D eigenvalue weighted by Crippen LogP contribution is 2.57. The zero-order valence-electron chi connectivity index (χ0n) is 13.9. The summed E-state index contributed by atoms with van der Waals surface area (Å²) in [5.74, 6) is 0.884. The molecule has 0 unspecified atom stereocenters. The lowest BCUT2D eigenvalue weighted by Gasteiger charge is -2.54. The molecule has 0 heterocycles. The SMILES string of the molecule is CCNC(=O)[C@@]1(C)CCC[C@]2(C)c3cc(O)ccc3CC[C@@H]12. The summed E-state index contributed by atoms with van der Waals surface area (Å²) in [6.45, 7) is 7.12. The van der Waals surface area contributed by atoms with E-state index >= 15 is 0 Å². The molecule has 3 nitrogen and oxygen atoms in total. The first-order valence-corrected chi connectivity index (χ1v) is 8.52. The summed E-state index contributed by atoms with van der Waals surface area (Å²) in [5, 5.41) is 13.0. The van der Waals surface area contributed by atoms with E-state index in [0.717, 1.165) is 32.1 Å². The largest absolute Gasteiger partial charge is 0.508 e. The van der Waals surface area contributed by atoms with Gasteiger partial charge in [-0.3, -0.25) is 4.79 Å². The summed E-state index contributed by atoms with van der Waals surface area (Å²) in [6.07, 6.45) is 5.19. The molecule has 22 heavy (non-hydrogen) atoms. The van der Waals surface area contributed by atoms with Gasteiger partial charge in [-0.2, -0.15) is 0 Å². The van der Waals surface area contributed by atoms with Gasteiger partial charge in [0.25, 0.3) is 0 Å². The topological polar surface area (TPSA) is 49.3 Å². The number of rotatable bonds is 2. The van der Waals surface area contributed by atoms with E-state index in [1.165, 1.54) is 11.1 Å². The third kappa shape index (κ3) is 2.13. The number of hydrogen-bond donors (Lipinski definition) is 2. The highest BCUT2D eigenvalue weighted by Gasteiger charge is 2.54. The molecule has 1 fully saturated rings. The third-order valence-electron chi connectivity index (χ3n) is 6.20. The van der Waals surface area contributed by atoms with E-state index in [9.17, 15) is 9.90 Å². The van der Waals surface area contributed by atoms with Gasteiger partial charge in [0, 0.05) is 6.54 Å². The second kappa shape index (κ2) is 5.29. The Morgan fingerprint density at radius 1 is 1.36 bits per heavy atom. The smallest absolute Gasteiger partial charge is 0.226 e. The van der Waals surface area contributed by atoms with Crippen LogP contribution in [-0.4, -0.2) is 17.6 Å². The van der Waals surface area contributed by atoms with E-state index in [0.29, 0.717) is 18.2 Å². The molecule has 0 saturated heterocycles. The van der Waals surface area contributed by atoms with Crippen LogP contribution in [0.25, 0.3) is 0 Å². The van der Waals surface area contributed by atoms with E-state index < -0.39 is 0 Å². The molecule has 2 aliphatic carbocycles. The minimum atomic E-state index is -0.299. The lowest BCUT2D eigenvalue weighted by atomic mass is 9.49. The van der Waals surface area contributed by atoms with Crippen LogP contribution in [-0.2, 0) is 16.6 Å². The molecular weight excluding hydrogens is 274 g/mol. The summed E-state index contributed by atoms with van der Waals surface area (Å²) in [5.41, 5.74) is 2.30. The molecule has 0 aliphatic heterocycles. The number of nitrogens with one attached hydrogen (secondary N) is 1. The fraction of sp³-hybridized carbons (Fsp3) is 0.632. The first kappa shape index (κ1) is 15.4. The predicted molar refractivity (Wildman–Crippen MR) is 87.9 cm³/mol. The Labute approximate surface area is 133 Å². The number of phenols is 1. The van der Waals surface area contributed by atoms with Crippen molar-refractivity contribution in [2.24, 2.45) is 11.3 Å². The van der Waals surface area contributed by atoms with Gasteiger partial charge in [-0.05, 0) is 67.2 Å². The summed E-state index contributed by atoms with van der Waals surface area (Å²) in [7, 11) is 0. The highest BCUT2D eigenvalue weighted by atomic mass is 16.3. The van der Waals surface area contributed by atoms with Crippen molar-refractivity contribution in [2.75, 3.05) is 6.54 Å². The second-order valence-electron chi connectivity index (χ2n) is 7.48. The van der Waals surface area contributed by atoms with Gasteiger partial charge < -0.3 is 10.4 Å². The molecule has 3 rings (SSSR count). The first-order chi connectivity index (χ1) is 10.4. The molecular formula is C19H27NO2. The molecule has 0 radical (unpaired) electrons. The number of carbonyl (C=O) groups excluding carboxylic acids is 1. The van der Waals surface area contributed by atoms with Crippen LogP contribution in [0.1, 0.15) is 57.6 Å². The van der Waals surface area contributed by atoms with Crippen molar-refractivity contribution in [1.29, 1.82) is 0 Å². The number of amides is 1. The summed E-state index contributed by atoms with van der Waals surface area (Å²) in [4.78, 5) is 12.7. The van der Waals surface area contributed by atoms with Crippen LogP contribution in [0.15, 0.2) is 18.2 Å². The maximum atomic E-state index is 12.7. The maximum Gasteiger partial charge on any atom is 0.226 e. The quantitative estimate of drug-likeness (QED) is 0.878. The molecule has 1 amide bonds. The molecule has 0 spiro atoms. The van der Waals surface area contributed by atoms with Crippen LogP contribution >= 0.6 is 0 Å². The van der Waals surface area contributed by atoms with Crippen LogP contribution < -0.4 is 5.32 Å². The lowest BCUT2D eigenvalue weighted by molar-refractivity contribution is -0.138. The van der Waals surface area contributed by atoms with Crippen LogP contribution in [0.5, 0.6) is 5.75 Å². The van der Waals surface area contributed by atoms with Crippen LogP contribution in [0.3, 0.4) is 0 Å². The van der Waals surface area contributed by atoms with E-state index in [1.54, 1.807) is 6.07 Å². The van der Waals surface area contributed by atoms with E-state index in [-0.39, 0.29) is 16.7 Å². The number of hydrogen-bond acceptors (Lipinski definition) is 2. The molecule has 0 bridgehead atoms. The van der Waals surface area contributed by atoms with Crippen LogP contribution in [0.2, 0.25) is 0 Å². The predicted octanol–water partition coefficient (Wildman–Crippen LogP) is 3.54. The van der Waals surface area contributed by atoms with Gasteiger partial charge in [-0.15, -0.1) is 0 Å². The van der Waals surface area contributed by atoms with Crippen molar-refractivity contribution >= 4 is 5.91 Å². The molecule has 1 aromatic carbocycles. The second-order valence-corrected chi connectivity index (χ2v) is 7.48. The number of fused-ring (bicyclic) bond motifs is 3. The highest BCUT2D eigenvalue weighted by molar-refractivity contribution is 5.83. The number of benzene rings is 1. The summed E-state index contributed by atoms with van der Waals surface area (Å²) in [6, 6.07) is 5.78. The molecule has 2 aliphatic rings. The van der Waals surface area contributed by atoms with Gasteiger partial charge in [0.15, 0.2) is 0 Å². The zero-order chi connectivity index (χ0) is 16.0. The van der Waals surface area contributed by atoms with E-state index in [4.69, 9.17) is 0 Å². The minimum absolute atomic E-state index is 0.00952. The zero-order valence-corrected chi connectivity index (χ0v) is 13.9. The number of phenolic OH excluding ortho intramolecular Hbond substituents is 1. The lowest BCUT2D eigenvalue weighted by Crippen LogP contribution is -2.55. The van der Waals surface area contributed by atoms with Crippen molar-refractivity contribution in [3.05, 3.63) is 29.3 Å². The standard InChI is InChI=1S/C19H27NO2/c1-4-20-17(22)19(3)11-5-10-18(2)15-12-14(21)8-6-13(15)7-9-16(18)19/h6,8,12,16,21H,4-5,7,9-11H2,1-3H3,(H,20,22)/t16-,18-,19+/m1/s1. The summed E-state index contributed by atoms with van der Waals surface area (Å²) < 4.78 is 0. The monoisotopic (exact) mass is 301 g/mol. The Morgan fingerprint density at radius 2 is 2.14 bits per heavy atom. The van der Waals surface area contributed by atoms with Crippen molar-refractivity contribution < 1.29 is 9.90 Å². The van der Waals surface area contributed by atoms with Gasteiger partial charge in [0.2, 0.25) is 5.91 Å². The molecule has 2 N–H and O–H groups in total. The molecule has 1 saturated carbocycles.